The van der Waals surface area contributed by atoms with E-state index in [2.05, 4.69) is 0 Å². The number of fused-ring (bicyclic) bond motifs is 3. The summed E-state index contributed by atoms with van der Waals surface area (Å²) < 4.78 is 0. The number of hydrogen-bond donors (Lipinski definition) is 1. The van der Waals surface area contributed by atoms with Gasteiger partial charge in [-0.2, -0.15) is 0 Å². The number of nitrogens with two attached hydrogens (primary N) is 1. The summed E-state index contributed by atoms with van der Waals surface area (Å²) in [5.74, 6) is 0. The maximum atomic E-state index is 6.29. The fourth-order valence-corrected chi connectivity index (χ4v) is 3.47. The first-order chi connectivity index (χ1) is 7.30. The van der Waals surface area contributed by atoms with E-state index in [1.54, 1.807) is 0 Å². The summed E-state index contributed by atoms with van der Waals surface area (Å²) >= 11 is 0. The molecule has 2 N–H and O–H groups in total. The number of aromatic nitrogens is 1. The van der Waals surface area contributed by atoms with Gasteiger partial charge >= 0.3 is 0 Å². The summed E-state index contributed by atoms with van der Waals surface area (Å²) in [6.45, 7) is 0. The Morgan fingerprint density at radius 3 is 2.67 bits per heavy atom. The van der Waals surface area contributed by atoms with Crippen LogP contribution < -0.4 is 5.73 Å². The Bertz CT molecular complexity index is 458. The van der Waals surface area contributed by atoms with Gasteiger partial charge in [-0.15, -0.1) is 0 Å². The Hall–Kier alpha value is -1.05. The van der Waals surface area contributed by atoms with E-state index >= 15 is 0 Å². The molecule has 3 aliphatic rings. The molecule has 0 unspecified atom stereocenters. The second kappa shape index (κ2) is 2.37. The number of anilines is 1. The lowest BCUT2D eigenvalue weighted by atomic mass is 10.0. The van der Waals surface area contributed by atoms with Crippen LogP contribution in [0.4, 0.5) is 5.69 Å². The van der Waals surface area contributed by atoms with Crippen LogP contribution in [0.15, 0.2) is 0 Å². The summed E-state index contributed by atoms with van der Waals surface area (Å²) in [6, 6.07) is 0. The zero-order chi connectivity index (χ0) is 10.0. The van der Waals surface area contributed by atoms with Crippen LogP contribution >= 0.6 is 0 Å². The maximum absolute atomic E-state index is 6.29. The lowest BCUT2D eigenvalue weighted by Gasteiger charge is -2.12. The highest BCUT2D eigenvalue weighted by molar-refractivity contribution is 5.62. The average Bonchev–Trinajstić information content (AvgIpc) is 2.72. The Balaban J connectivity index is 2.00. The fraction of sp³-hybridized carbons (Fsp3) is 0.615. The van der Waals surface area contributed by atoms with Crippen molar-refractivity contribution >= 4 is 5.69 Å². The van der Waals surface area contributed by atoms with Gasteiger partial charge in [0, 0.05) is 16.8 Å². The predicted octanol–water partition coefficient (Wildman–Crippen LogP) is 2.13. The highest BCUT2D eigenvalue weighted by Crippen LogP contribution is 2.57. The number of hydrogen-bond acceptors (Lipinski definition) is 2. The number of rotatable bonds is 0. The summed E-state index contributed by atoms with van der Waals surface area (Å²) in [6.07, 6.45) is 8.76. The molecule has 0 atom stereocenters. The van der Waals surface area contributed by atoms with Crippen molar-refractivity contribution in [1.29, 1.82) is 0 Å². The van der Waals surface area contributed by atoms with Gasteiger partial charge in [0.2, 0.25) is 0 Å². The van der Waals surface area contributed by atoms with Crippen molar-refractivity contribution in [2.24, 2.45) is 0 Å². The second-order valence-corrected chi connectivity index (χ2v) is 5.41. The van der Waals surface area contributed by atoms with Crippen LogP contribution in [-0.4, -0.2) is 4.98 Å². The minimum absolute atomic E-state index is 0.487. The minimum atomic E-state index is 0.487. The molecule has 1 aromatic rings. The molecular formula is C13H16N2. The molecule has 1 aromatic heterocycles. The number of nitrogens with zero attached hydrogens (tertiary/aromatic N) is 1. The van der Waals surface area contributed by atoms with Crippen LogP contribution in [-0.2, 0) is 24.7 Å². The van der Waals surface area contributed by atoms with Gasteiger partial charge in [0.25, 0.3) is 0 Å². The molecule has 2 nitrogen and oxygen atoms in total. The monoisotopic (exact) mass is 200 g/mol. The lowest BCUT2D eigenvalue weighted by Crippen LogP contribution is -2.08. The van der Waals surface area contributed by atoms with E-state index in [9.17, 15) is 0 Å². The molecule has 78 valence electrons. The molecule has 1 fully saturated rings. The molecule has 1 spiro atoms. The van der Waals surface area contributed by atoms with Gasteiger partial charge in [-0.25, -0.2) is 0 Å². The van der Waals surface area contributed by atoms with E-state index in [1.807, 2.05) is 0 Å². The van der Waals surface area contributed by atoms with Gasteiger partial charge in [-0.05, 0) is 56.1 Å². The molecule has 4 rings (SSSR count). The first kappa shape index (κ1) is 8.14. The fourth-order valence-electron chi connectivity index (χ4n) is 3.47. The van der Waals surface area contributed by atoms with Crippen LogP contribution in [0.25, 0.3) is 0 Å². The first-order valence-electron chi connectivity index (χ1n) is 6.11. The highest BCUT2D eigenvalue weighted by atomic mass is 14.8. The van der Waals surface area contributed by atoms with Crippen LogP contribution in [0.2, 0.25) is 0 Å². The van der Waals surface area contributed by atoms with Crippen molar-refractivity contribution in [2.45, 2.75) is 50.4 Å². The molecule has 0 amide bonds. The molecule has 0 radical (unpaired) electrons. The third kappa shape index (κ3) is 0.882. The zero-order valence-electron chi connectivity index (χ0n) is 8.97. The van der Waals surface area contributed by atoms with Gasteiger partial charge in [0.1, 0.15) is 0 Å². The van der Waals surface area contributed by atoms with Crippen LogP contribution in [0.1, 0.15) is 48.2 Å². The third-order valence-electron chi connectivity index (χ3n) is 4.58. The molecular weight excluding hydrogens is 184 g/mol. The van der Waals surface area contributed by atoms with Crippen LogP contribution in [0.5, 0.6) is 0 Å². The third-order valence-corrected chi connectivity index (χ3v) is 4.58. The highest BCUT2D eigenvalue weighted by Gasteiger charge is 2.51. The Morgan fingerprint density at radius 2 is 1.87 bits per heavy atom. The van der Waals surface area contributed by atoms with Crippen LogP contribution in [0.3, 0.4) is 0 Å². The maximum Gasteiger partial charge on any atom is 0.0521 e. The van der Waals surface area contributed by atoms with E-state index in [0.29, 0.717) is 5.41 Å². The number of aryl methyl sites for hydroxylation is 1. The van der Waals surface area contributed by atoms with Crippen molar-refractivity contribution in [1.82, 2.24) is 4.98 Å². The molecule has 0 bridgehead atoms. The molecule has 3 aliphatic carbocycles. The van der Waals surface area contributed by atoms with Gasteiger partial charge in [0.15, 0.2) is 0 Å². The number of pyridine rings is 1. The van der Waals surface area contributed by atoms with Crippen molar-refractivity contribution in [3.63, 3.8) is 0 Å². The van der Waals surface area contributed by atoms with Gasteiger partial charge < -0.3 is 5.73 Å². The van der Waals surface area contributed by atoms with Crippen molar-refractivity contribution < 1.29 is 0 Å². The minimum Gasteiger partial charge on any atom is -0.398 e. The van der Waals surface area contributed by atoms with Gasteiger partial charge in [0.05, 0.1) is 5.69 Å². The summed E-state index contributed by atoms with van der Waals surface area (Å²) in [4.78, 5) is 4.93. The summed E-state index contributed by atoms with van der Waals surface area (Å²) in [7, 11) is 0. The summed E-state index contributed by atoms with van der Waals surface area (Å²) in [5, 5.41) is 0. The standard InChI is InChI=1S/C13H16N2/c14-11-8-2-1-3-10(8)15-12-9(11)4-5-13(12)6-7-13/h1-7H2,(H2,14,15). The lowest BCUT2D eigenvalue weighted by molar-refractivity contribution is 0.661. The summed E-state index contributed by atoms with van der Waals surface area (Å²) in [5.41, 5.74) is 13.4. The molecule has 2 heteroatoms. The molecule has 15 heavy (non-hydrogen) atoms. The Kier molecular flexibility index (Phi) is 1.29. The van der Waals surface area contributed by atoms with E-state index in [4.69, 9.17) is 10.7 Å². The smallest absolute Gasteiger partial charge is 0.0521 e. The largest absolute Gasteiger partial charge is 0.398 e. The first-order valence-corrected chi connectivity index (χ1v) is 6.11. The molecule has 1 saturated carbocycles. The predicted molar refractivity (Wildman–Crippen MR) is 59.9 cm³/mol. The molecule has 0 aromatic carbocycles. The molecule has 0 aliphatic heterocycles. The van der Waals surface area contributed by atoms with Crippen molar-refractivity contribution in [3.05, 3.63) is 22.5 Å². The zero-order valence-corrected chi connectivity index (χ0v) is 8.97. The van der Waals surface area contributed by atoms with E-state index < -0.39 is 0 Å². The topological polar surface area (TPSA) is 38.9 Å². The van der Waals surface area contributed by atoms with Crippen molar-refractivity contribution in [2.75, 3.05) is 5.73 Å². The second-order valence-electron chi connectivity index (χ2n) is 5.41. The molecule has 0 saturated heterocycles. The normalized spacial score (nSPS) is 24.3. The van der Waals surface area contributed by atoms with E-state index in [1.165, 1.54) is 54.6 Å². The number of nitrogen functional groups attached to an aromatic ring is 1. The van der Waals surface area contributed by atoms with Gasteiger partial charge in [-0.3, -0.25) is 4.98 Å². The quantitative estimate of drug-likeness (QED) is 0.696. The molecule has 1 heterocycles. The van der Waals surface area contributed by atoms with Gasteiger partial charge in [-0.1, -0.05) is 0 Å². The average molecular weight is 200 g/mol. The van der Waals surface area contributed by atoms with E-state index in [-0.39, 0.29) is 0 Å². The van der Waals surface area contributed by atoms with E-state index in [0.717, 1.165) is 18.5 Å². The Labute approximate surface area is 89.9 Å². The van der Waals surface area contributed by atoms with Crippen LogP contribution in [0, 0.1) is 0 Å². The SMILES string of the molecule is Nc1c2c(nc3c1CCC31CC1)CCC2. The Morgan fingerprint density at radius 1 is 1.00 bits per heavy atom. The van der Waals surface area contributed by atoms with Crippen molar-refractivity contribution in [3.8, 4) is 0 Å².